The molecular weight excluding hydrogens is 198 g/mol. The van der Waals surface area contributed by atoms with E-state index in [1.54, 1.807) is 0 Å². The van der Waals surface area contributed by atoms with Crippen molar-refractivity contribution in [2.75, 3.05) is 13.2 Å². The highest BCUT2D eigenvalue weighted by Gasteiger charge is 2.14. The van der Waals surface area contributed by atoms with Crippen LogP contribution in [-0.2, 0) is 12.8 Å². The van der Waals surface area contributed by atoms with Crippen LogP contribution in [0.2, 0.25) is 0 Å². The molecule has 1 aromatic rings. The largest absolute Gasteiger partial charge is 0.394 e. The van der Waals surface area contributed by atoms with Crippen LogP contribution in [-0.4, -0.2) is 18.3 Å². The molecule has 2 N–H and O–H groups in total. The Hall–Kier alpha value is -0.860. The summed E-state index contributed by atoms with van der Waals surface area (Å²) in [5.41, 5.74) is 4.21. The summed E-state index contributed by atoms with van der Waals surface area (Å²) in [5, 5.41) is 12.8. The number of nitrogens with one attached hydrogen (secondary N) is 1. The van der Waals surface area contributed by atoms with Gasteiger partial charge < -0.3 is 10.4 Å². The molecule has 0 bridgehead atoms. The Labute approximate surface area is 97.7 Å². The van der Waals surface area contributed by atoms with Gasteiger partial charge in [0.05, 0.1) is 12.6 Å². The minimum Gasteiger partial charge on any atom is -0.394 e. The van der Waals surface area contributed by atoms with E-state index in [1.807, 2.05) is 0 Å². The second-order valence-corrected chi connectivity index (χ2v) is 4.57. The molecule has 0 heterocycles. The number of fused-ring (bicyclic) bond motifs is 1. The molecule has 0 saturated heterocycles. The van der Waals surface area contributed by atoms with E-state index in [2.05, 4.69) is 30.4 Å². The predicted octanol–water partition coefficient (Wildman–Crippen LogP) is 2.21. The number of rotatable bonds is 5. The number of hydrogen-bond acceptors (Lipinski definition) is 2. The van der Waals surface area contributed by atoms with Gasteiger partial charge in [-0.1, -0.05) is 25.1 Å². The first-order valence-corrected chi connectivity index (χ1v) is 6.31. The van der Waals surface area contributed by atoms with E-state index in [0.717, 1.165) is 13.0 Å². The Balaban J connectivity index is 2.12. The minimum atomic E-state index is 0.103. The van der Waals surface area contributed by atoms with Crippen LogP contribution in [0, 0.1) is 0 Å². The van der Waals surface area contributed by atoms with Crippen molar-refractivity contribution in [3.63, 3.8) is 0 Å². The normalized spacial score (nSPS) is 16.1. The van der Waals surface area contributed by atoms with Gasteiger partial charge in [0.25, 0.3) is 0 Å². The molecule has 0 radical (unpaired) electrons. The summed E-state index contributed by atoms with van der Waals surface area (Å²) in [4.78, 5) is 0. The lowest BCUT2D eigenvalue weighted by Crippen LogP contribution is -2.25. The highest BCUT2D eigenvalue weighted by molar-refractivity contribution is 5.36. The lowest BCUT2D eigenvalue weighted by molar-refractivity contribution is 0.245. The fourth-order valence-electron chi connectivity index (χ4n) is 2.41. The third kappa shape index (κ3) is 2.45. The smallest absolute Gasteiger partial charge is 0.0626 e. The van der Waals surface area contributed by atoms with Crippen LogP contribution >= 0.6 is 0 Å². The molecule has 2 nitrogen and oxygen atoms in total. The molecular formula is C14H21NO. The highest BCUT2D eigenvalue weighted by atomic mass is 16.3. The van der Waals surface area contributed by atoms with Crippen molar-refractivity contribution in [1.29, 1.82) is 0 Å². The predicted molar refractivity (Wildman–Crippen MR) is 66.6 cm³/mol. The lowest BCUT2D eigenvalue weighted by atomic mass is 10.0. The van der Waals surface area contributed by atoms with E-state index in [-0.39, 0.29) is 12.6 Å². The Bertz CT molecular complexity index is 349. The van der Waals surface area contributed by atoms with Gasteiger partial charge in [-0.25, -0.2) is 0 Å². The third-order valence-corrected chi connectivity index (χ3v) is 3.35. The van der Waals surface area contributed by atoms with Gasteiger partial charge in [-0.15, -0.1) is 0 Å². The van der Waals surface area contributed by atoms with Crippen LogP contribution in [0.5, 0.6) is 0 Å². The number of benzene rings is 1. The third-order valence-electron chi connectivity index (χ3n) is 3.35. The van der Waals surface area contributed by atoms with Gasteiger partial charge in [-0.05, 0) is 48.9 Å². The summed E-state index contributed by atoms with van der Waals surface area (Å²) < 4.78 is 0. The molecule has 0 saturated carbocycles. The summed E-state index contributed by atoms with van der Waals surface area (Å²) in [5.74, 6) is 0. The molecule has 2 heteroatoms. The van der Waals surface area contributed by atoms with E-state index in [9.17, 15) is 5.11 Å². The Morgan fingerprint density at radius 2 is 2.12 bits per heavy atom. The fourth-order valence-corrected chi connectivity index (χ4v) is 2.41. The van der Waals surface area contributed by atoms with E-state index < -0.39 is 0 Å². The number of aryl methyl sites for hydroxylation is 2. The number of aliphatic hydroxyl groups is 1. The molecule has 0 spiro atoms. The summed E-state index contributed by atoms with van der Waals surface area (Å²) >= 11 is 0. The van der Waals surface area contributed by atoms with Crippen molar-refractivity contribution in [2.45, 2.75) is 38.6 Å². The van der Waals surface area contributed by atoms with Gasteiger partial charge in [0, 0.05) is 0 Å². The maximum atomic E-state index is 9.39. The van der Waals surface area contributed by atoms with Gasteiger partial charge >= 0.3 is 0 Å². The quantitative estimate of drug-likeness (QED) is 0.796. The van der Waals surface area contributed by atoms with Crippen molar-refractivity contribution >= 4 is 0 Å². The van der Waals surface area contributed by atoms with Gasteiger partial charge in [-0.2, -0.15) is 0 Å². The molecule has 0 fully saturated rings. The summed E-state index contributed by atoms with van der Waals surface area (Å²) in [6, 6.07) is 6.76. The average Bonchev–Trinajstić information content (AvgIpc) is 2.77. The molecule has 2 rings (SSSR count). The van der Waals surface area contributed by atoms with E-state index in [4.69, 9.17) is 0 Å². The molecule has 0 amide bonds. The Morgan fingerprint density at radius 1 is 1.31 bits per heavy atom. The first kappa shape index (κ1) is 11.6. The second-order valence-electron chi connectivity index (χ2n) is 4.57. The zero-order valence-electron chi connectivity index (χ0n) is 10.00. The lowest BCUT2D eigenvalue weighted by Gasteiger charge is -2.17. The molecule has 1 aliphatic rings. The standard InChI is InChI=1S/C14H21NO/c1-2-8-15-14(10-16)13-7-6-11-4-3-5-12(11)9-13/h6-7,9,14-16H,2-5,8,10H2,1H3. The van der Waals surface area contributed by atoms with Gasteiger partial charge in [0.15, 0.2) is 0 Å². The van der Waals surface area contributed by atoms with Gasteiger partial charge in [-0.3, -0.25) is 0 Å². The van der Waals surface area contributed by atoms with Crippen molar-refractivity contribution in [3.05, 3.63) is 34.9 Å². The zero-order chi connectivity index (χ0) is 11.4. The average molecular weight is 219 g/mol. The molecule has 88 valence electrons. The van der Waals surface area contributed by atoms with Crippen LogP contribution in [0.4, 0.5) is 0 Å². The molecule has 1 unspecified atom stereocenters. The maximum Gasteiger partial charge on any atom is 0.0626 e. The Kier molecular flexibility index (Phi) is 3.97. The monoisotopic (exact) mass is 219 g/mol. The molecule has 1 aliphatic carbocycles. The van der Waals surface area contributed by atoms with Crippen molar-refractivity contribution in [3.8, 4) is 0 Å². The van der Waals surface area contributed by atoms with E-state index in [0.29, 0.717) is 0 Å². The van der Waals surface area contributed by atoms with Crippen LogP contribution < -0.4 is 5.32 Å². The van der Waals surface area contributed by atoms with Crippen molar-refractivity contribution in [1.82, 2.24) is 5.32 Å². The van der Waals surface area contributed by atoms with E-state index in [1.165, 1.54) is 36.0 Å². The van der Waals surface area contributed by atoms with Gasteiger partial charge in [0.2, 0.25) is 0 Å². The minimum absolute atomic E-state index is 0.103. The number of hydrogen-bond donors (Lipinski definition) is 2. The molecule has 1 atom stereocenters. The first-order chi connectivity index (χ1) is 7.85. The second kappa shape index (κ2) is 5.46. The molecule has 1 aromatic carbocycles. The van der Waals surface area contributed by atoms with Crippen molar-refractivity contribution < 1.29 is 5.11 Å². The van der Waals surface area contributed by atoms with E-state index >= 15 is 0 Å². The van der Waals surface area contributed by atoms with Crippen LogP contribution in [0.1, 0.15) is 42.5 Å². The van der Waals surface area contributed by atoms with Crippen LogP contribution in [0.15, 0.2) is 18.2 Å². The maximum absolute atomic E-state index is 9.39. The fraction of sp³-hybridized carbons (Fsp3) is 0.571. The van der Waals surface area contributed by atoms with Gasteiger partial charge in [0.1, 0.15) is 0 Å². The van der Waals surface area contributed by atoms with Crippen molar-refractivity contribution in [2.24, 2.45) is 0 Å². The molecule has 0 aliphatic heterocycles. The zero-order valence-corrected chi connectivity index (χ0v) is 10.00. The molecule has 0 aromatic heterocycles. The van der Waals surface area contributed by atoms with Crippen LogP contribution in [0.25, 0.3) is 0 Å². The summed E-state index contributed by atoms with van der Waals surface area (Å²) in [6.07, 6.45) is 4.81. The summed E-state index contributed by atoms with van der Waals surface area (Å²) in [7, 11) is 0. The summed E-state index contributed by atoms with van der Waals surface area (Å²) in [6.45, 7) is 3.28. The SMILES string of the molecule is CCCNC(CO)c1ccc2c(c1)CCC2. The molecule has 16 heavy (non-hydrogen) atoms. The highest BCUT2D eigenvalue weighted by Crippen LogP contribution is 2.25. The first-order valence-electron chi connectivity index (χ1n) is 6.31. The topological polar surface area (TPSA) is 32.3 Å². The van der Waals surface area contributed by atoms with Crippen LogP contribution in [0.3, 0.4) is 0 Å². The number of aliphatic hydroxyl groups excluding tert-OH is 1. The Morgan fingerprint density at radius 3 is 2.88 bits per heavy atom.